The first-order valence-corrected chi connectivity index (χ1v) is 5.91. The number of hydrogen-bond donors (Lipinski definition) is 1. The minimum Gasteiger partial charge on any atom is -0.480 e. The van der Waals surface area contributed by atoms with E-state index in [1.54, 1.807) is 18.5 Å². The molecule has 1 aliphatic rings. The van der Waals surface area contributed by atoms with Crippen molar-refractivity contribution in [3.8, 4) is 0 Å². The van der Waals surface area contributed by atoms with Crippen molar-refractivity contribution in [1.82, 2.24) is 14.7 Å². The molecule has 1 unspecified atom stereocenters. The van der Waals surface area contributed by atoms with Crippen LogP contribution in [-0.4, -0.2) is 49.3 Å². The largest absolute Gasteiger partial charge is 0.480 e. The lowest BCUT2D eigenvalue weighted by Crippen LogP contribution is -2.43. The molecule has 0 spiro atoms. The van der Waals surface area contributed by atoms with Crippen LogP contribution in [0.4, 0.5) is 0 Å². The highest BCUT2D eigenvalue weighted by molar-refractivity contribution is 7.99. The number of nitrogens with zero attached hydrogens (tertiary/aromatic N) is 3. The molecular formula is C9H11N3O3S. The maximum Gasteiger partial charge on any atom is 0.327 e. The second-order valence-electron chi connectivity index (χ2n) is 3.42. The molecule has 1 fully saturated rings. The smallest absolute Gasteiger partial charge is 0.327 e. The molecule has 0 aromatic carbocycles. The first kappa shape index (κ1) is 11.0. The SMILES string of the molecule is O=C(O)C1CSCN1C(=O)Cn1cccn1. The highest BCUT2D eigenvalue weighted by Crippen LogP contribution is 2.21. The fourth-order valence-electron chi connectivity index (χ4n) is 1.52. The second-order valence-corrected chi connectivity index (χ2v) is 4.42. The Morgan fingerprint density at radius 2 is 2.38 bits per heavy atom. The van der Waals surface area contributed by atoms with Gasteiger partial charge in [-0.1, -0.05) is 0 Å². The summed E-state index contributed by atoms with van der Waals surface area (Å²) in [6.07, 6.45) is 3.26. The van der Waals surface area contributed by atoms with E-state index in [-0.39, 0.29) is 12.5 Å². The van der Waals surface area contributed by atoms with Gasteiger partial charge in [0, 0.05) is 18.1 Å². The number of rotatable bonds is 3. The first-order chi connectivity index (χ1) is 7.68. The molecular weight excluding hydrogens is 230 g/mol. The summed E-state index contributed by atoms with van der Waals surface area (Å²) in [5.74, 6) is -0.253. The lowest BCUT2D eigenvalue weighted by Gasteiger charge is -2.20. The van der Waals surface area contributed by atoms with Crippen molar-refractivity contribution >= 4 is 23.6 Å². The first-order valence-electron chi connectivity index (χ1n) is 4.76. The molecule has 0 aliphatic carbocycles. The van der Waals surface area contributed by atoms with Crippen LogP contribution in [0, 0.1) is 0 Å². The van der Waals surface area contributed by atoms with E-state index in [4.69, 9.17) is 5.11 Å². The number of amides is 1. The van der Waals surface area contributed by atoms with Crippen LogP contribution in [0.25, 0.3) is 0 Å². The summed E-state index contributed by atoms with van der Waals surface area (Å²) in [5, 5.41) is 12.8. The molecule has 1 saturated heterocycles. The molecule has 1 aromatic rings. The Morgan fingerprint density at radius 3 is 3.00 bits per heavy atom. The van der Waals surface area contributed by atoms with Crippen LogP contribution >= 0.6 is 11.8 Å². The Morgan fingerprint density at radius 1 is 1.56 bits per heavy atom. The van der Waals surface area contributed by atoms with Gasteiger partial charge in [0.1, 0.15) is 12.6 Å². The number of carboxylic acid groups (broad SMARTS) is 1. The number of hydrogen-bond acceptors (Lipinski definition) is 4. The van der Waals surface area contributed by atoms with Gasteiger partial charge in [-0.25, -0.2) is 4.79 Å². The summed E-state index contributed by atoms with van der Waals surface area (Å²) in [6, 6.07) is 1.02. The zero-order chi connectivity index (χ0) is 11.5. The topological polar surface area (TPSA) is 75.4 Å². The van der Waals surface area contributed by atoms with Crippen molar-refractivity contribution in [2.24, 2.45) is 0 Å². The van der Waals surface area contributed by atoms with Crippen molar-refractivity contribution in [2.75, 3.05) is 11.6 Å². The Kier molecular flexibility index (Phi) is 3.14. The van der Waals surface area contributed by atoms with Crippen LogP contribution in [0.1, 0.15) is 0 Å². The molecule has 0 saturated carbocycles. The highest BCUT2D eigenvalue weighted by Gasteiger charge is 2.34. The Bertz CT molecular complexity index is 393. The molecule has 1 aliphatic heterocycles. The summed E-state index contributed by atoms with van der Waals surface area (Å²) in [5.41, 5.74) is 0. The summed E-state index contributed by atoms with van der Waals surface area (Å²) < 4.78 is 1.49. The monoisotopic (exact) mass is 241 g/mol. The van der Waals surface area contributed by atoms with E-state index in [1.165, 1.54) is 21.3 Å². The minimum atomic E-state index is -0.946. The van der Waals surface area contributed by atoms with Crippen molar-refractivity contribution < 1.29 is 14.7 Å². The summed E-state index contributed by atoms with van der Waals surface area (Å²) in [7, 11) is 0. The van der Waals surface area contributed by atoms with Crippen molar-refractivity contribution in [3.63, 3.8) is 0 Å². The van der Waals surface area contributed by atoms with E-state index in [0.717, 1.165) is 0 Å². The predicted molar refractivity (Wildman–Crippen MR) is 57.8 cm³/mol. The fraction of sp³-hybridized carbons (Fsp3) is 0.444. The maximum absolute atomic E-state index is 11.8. The average Bonchev–Trinajstić information content (AvgIpc) is 2.86. The van der Waals surface area contributed by atoms with Crippen molar-refractivity contribution in [2.45, 2.75) is 12.6 Å². The number of carboxylic acids is 1. The normalized spacial score (nSPS) is 20.0. The quantitative estimate of drug-likeness (QED) is 0.797. The molecule has 1 amide bonds. The van der Waals surface area contributed by atoms with Crippen LogP contribution in [-0.2, 0) is 16.1 Å². The number of carbonyl (C=O) groups excluding carboxylic acids is 1. The molecule has 1 aromatic heterocycles. The van der Waals surface area contributed by atoms with Gasteiger partial charge >= 0.3 is 5.97 Å². The Balaban J connectivity index is 2.01. The zero-order valence-electron chi connectivity index (χ0n) is 8.44. The minimum absolute atomic E-state index is 0.0946. The summed E-state index contributed by atoms with van der Waals surface area (Å²) >= 11 is 1.45. The van der Waals surface area contributed by atoms with Crippen molar-refractivity contribution in [1.29, 1.82) is 0 Å². The third kappa shape index (κ3) is 2.19. The van der Waals surface area contributed by atoms with E-state index < -0.39 is 12.0 Å². The molecule has 86 valence electrons. The predicted octanol–water partition coefficient (Wildman–Crippen LogP) is -0.131. The van der Waals surface area contributed by atoms with Crippen LogP contribution in [0.5, 0.6) is 0 Å². The third-order valence-corrected chi connectivity index (χ3v) is 3.36. The highest BCUT2D eigenvalue weighted by atomic mass is 32.2. The summed E-state index contributed by atoms with van der Waals surface area (Å²) in [6.45, 7) is 0.0946. The van der Waals surface area contributed by atoms with Gasteiger partial charge in [0.05, 0.1) is 5.88 Å². The zero-order valence-corrected chi connectivity index (χ0v) is 9.26. The number of aliphatic carboxylic acids is 1. The van der Waals surface area contributed by atoms with Crippen LogP contribution < -0.4 is 0 Å². The van der Waals surface area contributed by atoms with Gasteiger partial charge in [0.25, 0.3) is 0 Å². The average molecular weight is 241 g/mol. The second kappa shape index (κ2) is 4.56. The Labute approximate surface area is 96.2 Å². The van der Waals surface area contributed by atoms with Crippen molar-refractivity contribution in [3.05, 3.63) is 18.5 Å². The van der Waals surface area contributed by atoms with E-state index >= 15 is 0 Å². The van der Waals surface area contributed by atoms with Gasteiger partial charge in [-0.3, -0.25) is 9.48 Å². The number of thioether (sulfide) groups is 1. The van der Waals surface area contributed by atoms with Crippen LogP contribution in [0.15, 0.2) is 18.5 Å². The molecule has 16 heavy (non-hydrogen) atoms. The fourth-order valence-corrected chi connectivity index (χ4v) is 2.69. The molecule has 0 radical (unpaired) electrons. The Hall–Kier alpha value is -1.50. The van der Waals surface area contributed by atoms with Gasteiger partial charge in [-0.2, -0.15) is 5.10 Å². The van der Waals surface area contributed by atoms with E-state index in [0.29, 0.717) is 11.6 Å². The molecule has 1 atom stereocenters. The molecule has 1 N–H and O–H groups in total. The van der Waals surface area contributed by atoms with Gasteiger partial charge in [-0.05, 0) is 6.07 Å². The van der Waals surface area contributed by atoms with Gasteiger partial charge in [0.15, 0.2) is 0 Å². The number of carbonyl (C=O) groups is 2. The molecule has 6 nitrogen and oxygen atoms in total. The molecule has 7 heteroatoms. The third-order valence-electron chi connectivity index (χ3n) is 2.34. The van der Waals surface area contributed by atoms with Gasteiger partial charge < -0.3 is 10.0 Å². The summed E-state index contributed by atoms with van der Waals surface area (Å²) in [4.78, 5) is 24.1. The van der Waals surface area contributed by atoms with E-state index in [9.17, 15) is 9.59 Å². The molecule has 2 heterocycles. The standard InChI is InChI=1S/C9H11N3O3S/c13-8(4-11-3-1-2-10-11)12-6-16-5-7(12)9(14)15/h1-3,7H,4-6H2,(H,14,15). The van der Waals surface area contributed by atoms with Gasteiger partial charge in [0.2, 0.25) is 5.91 Å². The molecule has 0 bridgehead atoms. The van der Waals surface area contributed by atoms with Gasteiger partial charge in [-0.15, -0.1) is 11.8 Å². The van der Waals surface area contributed by atoms with E-state index in [2.05, 4.69) is 5.10 Å². The maximum atomic E-state index is 11.8. The van der Waals surface area contributed by atoms with Crippen LogP contribution in [0.2, 0.25) is 0 Å². The van der Waals surface area contributed by atoms with Crippen LogP contribution in [0.3, 0.4) is 0 Å². The number of aromatic nitrogens is 2. The van der Waals surface area contributed by atoms with E-state index in [1.807, 2.05) is 0 Å². The lowest BCUT2D eigenvalue weighted by atomic mass is 10.3. The lowest BCUT2D eigenvalue weighted by molar-refractivity contribution is -0.148. The molecule has 2 rings (SSSR count).